The van der Waals surface area contributed by atoms with Crippen LogP contribution < -0.4 is 11.1 Å². The van der Waals surface area contributed by atoms with Gasteiger partial charge in [-0.25, -0.2) is 0 Å². The van der Waals surface area contributed by atoms with E-state index in [-0.39, 0.29) is 24.4 Å². The fourth-order valence-electron chi connectivity index (χ4n) is 2.43. The molecule has 1 atom stereocenters. The molecule has 22 heavy (non-hydrogen) atoms. The third kappa shape index (κ3) is 3.78. The molecule has 6 heteroatoms. The number of hydrogen-bond donors (Lipinski definition) is 2. The van der Waals surface area contributed by atoms with Crippen molar-refractivity contribution in [1.29, 1.82) is 0 Å². The fourth-order valence-corrected chi connectivity index (χ4v) is 2.43. The van der Waals surface area contributed by atoms with Crippen molar-refractivity contribution in [1.82, 2.24) is 9.78 Å². The lowest BCUT2D eigenvalue weighted by atomic mass is 9.96. The molecule has 0 aliphatic rings. The zero-order valence-electron chi connectivity index (χ0n) is 13.6. The Bertz CT molecular complexity index is 649. The molecule has 2 rings (SSSR count). The minimum atomic E-state index is -0.845. The van der Waals surface area contributed by atoms with Gasteiger partial charge in [0.2, 0.25) is 5.91 Å². The molecule has 1 amide bonds. The van der Waals surface area contributed by atoms with E-state index >= 15 is 0 Å². The number of amides is 1. The van der Waals surface area contributed by atoms with E-state index in [1.807, 2.05) is 36.0 Å². The molecule has 122 valence electrons. The number of benzene rings is 1. The smallest absolute Gasteiger partial charge is 0.244 e. The first kappa shape index (κ1) is 18.5. The highest BCUT2D eigenvalue weighted by Gasteiger charge is 2.27. The van der Waals surface area contributed by atoms with Gasteiger partial charge in [0.15, 0.2) is 0 Å². The molecule has 0 spiro atoms. The van der Waals surface area contributed by atoms with E-state index in [0.29, 0.717) is 6.42 Å². The Labute approximate surface area is 137 Å². The first-order valence-corrected chi connectivity index (χ1v) is 7.42. The van der Waals surface area contributed by atoms with Crippen LogP contribution in [0.15, 0.2) is 24.4 Å². The molecule has 2 aromatic rings. The average Bonchev–Trinajstić information content (AvgIpc) is 2.81. The van der Waals surface area contributed by atoms with Gasteiger partial charge in [-0.1, -0.05) is 13.3 Å². The van der Waals surface area contributed by atoms with Crippen LogP contribution in [0.25, 0.3) is 10.9 Å². The molecular weight excluding hydrogens is 300 g/mol. The highest BCUT2D eigenvalue weighted by Crippen LogP contribution is 2.22. The zero-order chi connectivity index (χ0) is 15.6. The summed E-state index contributed by atoms with van der Waals surface area (Å²) in [5.74, 6) is -0.153. The van der Waals surface area contributed by atoms with Crippen molar-refractivity contribution in [2.24, 2.45) is 5.73 Å². The summed E-state index contributed by atoms with van der Waals surface area (Å²) in [6.07, 6.45) is 3.37. The van der Waals surface area contributed by atoms with E-state index in [0.717, 1.165) is 23.0 Å². The number of anilines is 1. The van der Waals surface area contributed by atoms with Gasteiger partial charge in [-0.2, -0.15) is 5.10 Å². The minimum Gasteiger partial charge on any atom is -0.324 e. The maximum absolute atomic E-state index is 12.3. The van der Waals surface area contributed by atoms with Gasteiger partial charge < -0.3 is 11.1 Å². The lowest BCUT2D eigenvalue weighted by Crippen LogP contribution is -2.48. The molecular formula is C16H25ClN4O. The zero-order valence-corrected chi connectivity index (χ0v) is 14.4. The first-order valence-electron chi connectivity index (χ1n) is 7.42. The molecule has 0 fully saturated rings. The summed E-state index contributed by atoms with van der Waals surface area (Å²) in [6.45, 7) is 7.94. The number of rotatable bonds is 5. The number of nitrogens with two attached hydrogens (primary N) is 1. The second-order valence-corrected chi connectivity index (χ2v) is 6.08. The summed E-state index contributed by atoms with van der Waals surface area (Å²) in [4.78, 5) is 12.3. The Morgan fingerprint density at radius 2 is 2.14 bits per heavy atom. The van der Waals surface area contributed by atoms with E-state index in [1.54, 1.807) is 6.92 Å². The molecule has 5 nitrogen and oxygen atoms in total. The van der Waals surface area contributed by atoms with Gasteiger partial charge in [-0.05, 0) is 45.4 Å². The van der Waals surface area contributed by atoms with Gasteiger partial charge in [0.1, 0.15) is 0 Å². The molecule has 0 saturated carbocycles. The normalized spacial score (nSPS) is 13.7. The molecule has 0 radical (unpaired) electrons. The summed E-state index contributed by atoms with van der Waals surface area (Å²) in [5, 5.41) is 8.34. The third-order valence-corrected chi connectivity index (χ3v) is 3.63. The second-order valence-electron chi connectivity index (χ2n) is 6.08. The van der Waals surface area contributed by atoms with Crippen molar-refractivity contribution in [2.75, 3.05) is 5.32 Å². The van der Waals surface area contributed by atoms with Crippen LogP contribution in [0.5, 0.6) is 0 Å². The standard InChI is InChI=1S/C16H24N4O.ClH/c1-5-8-16(4,17)15(21)19-13-7-6-12-10-18-20(11(2)3)14(12)9-13;/h6-7,9-11H,5,8,17H2,1-4H3,(H,19,21);1H. The van der Waals surface area contributed by atoms with Gasteiger partial charge >= 0.3 is 0 Å². The van der Waals surface area contributed by atoms with Crippen molar-refractivity contribution >= 4 is 34.9 Å². The molecule has 1 aromatic carbocycles. The lowest BCUT2D eigenvalue weighted by Gasteiger charge is -2.22. The van der Waals surface area contributed by atoms with Gasteiger partial charge in [0.05, 0.1) is 17.3 Å². The first-order chi connectivity index (χ1) is 9.85. The molecule has 0 aliphatic carbocycles. The summed E-state index contributed by atoms with van der Waals surface area (Å²) >= 11 is 0. The Balaban J connectivity index is 0.00000242. The van der Waals surface area contributed by atoms with Gasteiger partial charge in [-0.15, -0.1) is 12.4 Å². The molecule has 3 N–H and O–H groups in total. The summed E-state index contributed by atoms with van der Waals surface area (Å²) in [5.41, 5.74) is 6.98. The van der Waals surface area contributed by atoms with Crippen LogP contribution in [0.1, 0.15) is 46.6 Å². The summed E-state index contributed by atoms with van der Waals surface area (Å²) in [7, 11) is 0. The second kappa shape index (κ2) is 7.11. The van der Waals surface area contributed by atoms with E-state index in [4.69, 9.17) is 5.73 Å². The van der Waals surface area contributed by atoms with Crippen molar-refractivity contribution in [3.05, 3.63) is 24.4 Å². The molecule has 1 unspecified atom stereocenters. The Kier molecular flexibility index (Phi) is 5.97. The quantitative estimate of drug-likeness (QED) is 0.884. The number of halogens is 1. The number of nitrogens with one attached hydrogen (secondary N) is 1. The van der Waals surface area contributed by atoms with Crippen LogP contribution in [0.3, 0.4) is 0 Å². The molecule has 1 heterocycles. The molecule has 0 bridgehead atoms. The Hall–Kier alpha value is -1.59. The van der Waals surface area contributed by atoms with Crippen LogP contribution >= 0.6 is 12.4 Å². The summed E-state index contributed by atoms with van der Waals surface area (Å²) in [6, 6.07) is 6.06. The third-order valence-electron chi connectivity index (χ3n) is 3.63. The van der Waals surface area contributed by atoms with Crippen molar-refractivity contribution in [3.8, 4) is 0 Å². The number of aromatic nitrogens is 2. The molecule has 0 aliphatic heterocycles. The Morgan fingerprint density at radius 1 is 1.45 bits per heavy atom. The van der Waals surface area contributed by atoms with Crippen molar-refractivity contribution in [2.45, 2.75) is 52.1 Å². The van der Waals surface area contributed by atoms with Crippen LogP contribution in [0.4, 0.5) is 5.69 Å². The highest BCUT2D eigenvalue weighted by atomic mass is 35.5. The van der Waals surface area contributed by atoms with Crippen molar-refractivity contribution in [3.63, 3.8) is 0 Å². The summed E-state index contributed by atoms with van der Waals surface area (Å²) < 4.78 is 1.94. The van der Waals surface area contributed by atoms with Crippen LogP contribution in [0, 0.1) is 0 Å². The van der Waals surface area contributed by atoms with Gasteiger partial charge in [0.25, 0.3) is 0 Å². The maximum atomic E-state index is 12.3. The fraction of sp³-hybridized carbons (Fsp3) is 0.500. The van der Waals surface area contributed by atoms with Crippen molar-refractivity contribution < 1.29 is 4.79 Å². The maximum Gasteiger partial charge on any atom is 0.244 e. The number of nitrogens with zero attached hydrogens (tertiary/aromatic N) is 2. The topological polar surface area (TPSA) is 72.9 Å². The number of carbonyl (C=O) groups is 1. The van der Waals surface area contributed by atoms with E-state index in [9.17, 15) is 4.79 Å². The van der Waals surface area contributed by atoms with Crippen LogP contribution in [0.2, 0.25) is 0 Å². The van der Waals surface area contributed by atoms with Crippen LogP contribution in [-0.2, 0) is 4.79 Å². The Morgan fingerprint density at radius 3 is 2.73 bits per heavy atom. The van der Waals surface area contributed by atoms with Gasteiger partial charge in [-0.3, -0.25) is 9.48 Å². The van der Waals surface area contributed by atoms with Gasteiger partial charge in [0, 0.05) is 17.1 Å². The number of hydrogen-bond acceptors (Lipinski definition) is 3. The SMILES string of the molecule is CCCC(C)(N)C(=O)Nc1ccc2cnn(C(C)C)c2c1.Cl. The largest absolute Gasteiger partial charge is 0.324 e. The lowest BCUT2D eigenvalue weighted by molar-refractivity contribution is -0.120. The van der Waals surface area contributed by atoms with E-state index < -0.39 is 5.54 Å². The van der Waals surface area contributed by atoms with E-state index in [2.05, 4.69) is 24.3 Å². The minimum absolute atomic E-state index is 0. The van der Waals surface area contributed by atoms with E-state index in [1.165, 1.54) is 0 Å². The van der Waals surface area contributed by atoms with Crippen LogP contribution in [-0.4, -0.2) is 21.2 Å². The molecule has 0 saturated heterocycles. The molecule has 1 aromatic heterocycles. The predicted molar refractivity (Wildman–Crippen MR) is 93.5 cm³/mol. The monoisotopic (exact) mass is 324 g/mol. The average molecular weight is 325 g/mol. The predicted octanol–water partition coefficient (Wildman–Crippen LogP) is 3.50. The highest BCUT2D eigenvalue weighted by molar-refractivity contribution is 5.99. The number of carbonyl (C=O) groups excluding carboxylic acids is 1. The number of fused-ring (bicyclic) bond motifs is 1.